The van der Waals surface area contributed by atoms with Gasteiger partial charge in [0.15, 0.2) is 0 Å². The van der Waals surface area contributed by atoms with Crippen LogP contribution in [0.5, 0.6) is 5.75 Å². The van der Waals surface area contributed by atoms with Crippen molar-refractivity contribution < 1.29 is 22.7 Å². The molecule has 0 aliphatic rings. The number of aliphatic hydroxyl groups excluding tert-OH is 1. The van der Waals surface area contributed by atoms with Crippen molar-refractivity contribution in [3.63, 3.8) is 0 Å². The minimum atomic E-state index is -3.52. The minimum absolute atomic E-state index is 0.0462. The second-order valence-electron chi connectivity index (χ2n) is 3.70. The first kappa shape index (κ1) is 14.7. The average Bonchev–Trinajstić information content (AvgIpc) is 2.31. The van der Waals surface area contributed by atoms with E-state index in [-0.39, 0.29) is 23.8 Å². The molecule has 0 saturated carbocycles. The van der Waals surface area contributed by atoms with Gasteiger partial charge in [-0.3, -0.25) is 4.72 Å². The van der Waals surface area contributed by atoms with Crippen molar-refractivity contribution >= 4 is 15.7 Å². The lowest BCUT2D eigenvalue weighted by Gasteiger charge is -2.11. The lowest BCUT2D eigenvalue weighted by atomic mass is 10.3. The SMILES string of the molecule is COc1cc(F)ccc1NS(=O)(=O)CCCCO. The normalized spacial score (nSPS) is 11.3. The highest BCUT2D eigenvalue weighted by atomic mass is 32.2. The summed E-state index contributed by atoms with van der Waals surface area (Å²) >= 11 is 0. The maximum Gasteiger partial charge on any atom is 0.232 e. The van der Waals surface area contributed by atoms with Crippen LogP contribution in [0.2, 0.25) is 0 Å². The van der Waals surface area contributed by atoms with Gasteiger partial charge in [0.05, 0.1) is 18.6 Å². The number of unbranched alkanes of at least 4 members (excludes halogenated alkanes) is 1. The molecule has 0 unspecified atom stereocenters. The summed E-state index contributed by atoms with van der Waals surface area (Å²) in [7, 11) is -2.18. The molecular formula is C11H16FNO4S. The van der Waals surface area contributed by atoms with E-state index in [1.54, 1.807) is 0 Å². The predicted octanol–water partition coefficient (Wildman–Crippen LogP) is 1.35. The molecule has 1 rings (SSSR count). The first-order valence-corrected chi connectivity index (χ1v) is 7.08. The molecule has 0 heterocycles. The third-order valence-electron chi connectivity index (χ3n) is 2.25. The average molecular weight is 277 g/mol. The van der Waals surface area contributed by atoms with E-state index in [2.05, 4.69) is 4.72 Å². The molecule has 102 valence electrons. The lowest BCUT2D eigenvalue weighted by molar-refractivity contribution is 0.287. The van der Waals surface area contributed by atoms with Crippen molar-refractivity contribution in [3.8, 4) is 5.75 Å². The molecule has 1 aromatic carbocycles. The van der Waals surface area contributed by atoms with Gasteiger partial charge >= 0.3 is 0 Å². The Bertz CT molecular complexity index is 490. The van der Waals surface area contributed by atoms with Gasteiger partial charge in [-0.25, -0.2) is 12.8 Å². The lowest BCUT2D eigenvalue weighted by Crippen LogP contribution is -2.17. The van der Waals surface area contributed by atoms with Gasteiger partial charge in [-0.2, -0.15) is 0 Å². The Hall–Kier alpha value is -1.34. The first-order chi connectivity index (χ1) is 8.48. The summed E-state index contributed by atoms with van der Waals surface area (Å²) in [6.45, 7) is -0.0462. The second-order valence-corrected chi connectivity index (χ2v) is 5.54. The van der Waals surface area contributed by atoms with Gasteiger partial charge in [0.2, 0.25) is 10.0 Å². The summed E-state index contributed by atoms with van der Waals surface area (Å²) in [4.78, 5) is 0. The van der Waals surface area contributed by atoms with Gasteiger partial charge in [0, 0.05) is 12.7 Å². The van der Waals surface area contributed by atoms with Crippen LogP contribution in [0.4, 0.5) is 10.1 Å². The van der Waals surface area contributed by atoms with E-state index in [1.807, 2.05) is 0 Å². The Morgan fingerprint density at radius 2 is 2.11 bits per heavy atom. The highest BCUT2D eigenvalue weighted by molar-refractivity contribution is 7.92. The van der Waals surface area contributed by atoms with Crippen LogP contribution in [-0.4, -0.2) is 33.0 Å². The Balaban J connectivity index is 2.77. The highest BCUT2D eigenvalue weighted by Crippen LogP contribution is 2.26. The minimum Gasteiger partial charge on any atom is -0.494 e. The summed E-state index contributed by atoms with van der Waals surface area (Å²) < 4.78 is 43.5. The zero-order chi connectivity index (χ0) is 13.6. The molecule has 0 radical (unpaired) electrons. The molecule has 2 N–H and O–H groups in total. The molecule has 0 amide bonds. The number of ether oxygens (including phenoxy) is 1. The molecule has 0 spiro atoms. The number of anilines is 1. The molecule has 18 heavy (non-hydrogen) atoms. The number of nitrogens with one attached hydrogen (secondary N) is 1. The molecule has 0 atom stereocenters. The van der Waals surface area contributed by atoms with Crippen molar-refractivity contribution in [3.05, 3.63) is 24.0 Å². The van der Waals surface area contributed by atoms with Crippen LogP contribution in [0.1, 0.15) is 12.8 Å². The van der Waals surface area contributed by atoms with E-state index in [0.717, 1.165) is 12.1 Å². The number of halogens is 1. The molecule has 0 aromatic heterocycles. The molecule has 0 fully saturated rings. The van der Waals surface area contributed by atoms with Crippen LogP contribution in [0.25, 0.3) is 0 Å². The van der Waals surface area contributed by atoms with Gasteiger partial charge in [-0.15, -0.1) is 0 Å². The van der Waals surface area contributed by atoms with Crippen molar-refractivity contribution in [2.45, 2.75) is 12.8 Å². The van der Waals surface area contributed by atoms with Crippen molar-refractivity contribution in [2.75, 3.05) is 24.2 Å². The van der Waals surface area contributed by atoms with E-state index in [0.29, 0.717) is 12.8 Å². The fraction of sp³-hybridized carbons (Fsp3) is 0.455. The summed E-state index contributed by atoms with van der Waals surface area (Å²) in [5, 5.41) is 8.59. The fourth-order valence-corrected chi connectivity index (χ4v) is 2.56. The summed E-state index contributed by atoms with van der Waals surface area (Å²) in [6.07, 6.45) is 0.775. The van der Waals surface area contributed by atoms with Crippen LogP contribution in [0.3, 0.4) is 0 Å². The van der Waals surface area contributed by atoms with E-state index in [9.17, 15) is 12.8 Å². The van der Waals surface area contributed by atoms with Crippen molar-refractivity contribution in [1.29, 1.82) is 0 Å². The number of aliphatic hydroxyl groups is 1. The zero-order valence-electron chi connectivity index (χ0n) is 10.0. The molecule has 7 heteroatoms. The number of rotatable bonds is 7. The molecule has 0 bridgehead atoms. The van der Waals surface area contributed by atoms with Crippen LogP contribution in [0, 0.1) is 5.82 Å². The van der Waals surface area contributed by atoms with Gasteiger partial charge in [-0.1, -0.05) is 0 Å². The van der Waals surface area contributed by atoms with Crippen LogP contribution >= 0.6 is 0 Å². The highest BCUT2D eigenvalue weighted by Gasteiger charge is 2.13. The first-order valence-electron chi connectivity index (χ1n) is 5.43. The van der Waals surface area contributed by atoms with Gasteiger partial charge in [-0.05, 0) is 25.0 Å². The molecule has 0 saturated heterocycles. The number of hydrogen-bond acceptors (Lipinski definition) is 4. The Morgan fingerprint density at radius 1 is 1.39 bits per heavy atom. The molecule has 0 aliphatic heterocycles. The topological polar surface area (TPSA) is 75.6 Å². The standard InChI is InChI=1S/C11H16FNO4S/c1-17-11-8-9(12)4-5-10(11)13-18(15,16)7-3-2-6-14/h4-5,8,13-14H,2-3,6-7H2,1H3. The van der Waals surface area contributed by atoms with Gasteiger partial charge < -0.3 is 9.84 Å². The van der Waals surface area contributed by atoms with E-state index in [1.165, 1.54) is 13.2 Å². The third kappa shape index (κ3) is 4.50. The number of benzene rings is 1. The maximum absolute atomic E-state index is 12.9. The summed E-state index contributed by atoms with van der Waals surface area (Å²) in [5.41, 5.74) is 0.197. The number of sulfonamides is 1. The number of methoxy groups -OCH3 is 1. The Morgan fingerprint density at radius 3 is 2.72 bits per heavy atom. The second kappa shape index (κ2) is 6.55. The van der Waals surface area contributed by atoms with E-state index >= 15 is 0 Å². The Labute approximate surface area is 106 Å². The zero-order valence-corrected chi connectivity index (χ0v) is 10.8. The van der Waals surface area contributed by atoms with Crippen LogP contribution < -0.4 is 9.46 Å². The Kier molecular flexibility index (Phi) is 5.36. The van der Waals surface area contributed by atoms with E-state index < -0.39 is 15.8 Å². The van der Waals surface area contributed by atoms with Crippen molar-refractivity contribution in [1.82, 2.24) is 0 Å². The summed E-state index contributed by atoms with van der Waals surface area (Å²) in [6, 6.07) is 3.55. The van der Waals surface area contributed by atoms with Crippen LogP contribution in [-0.2, 0) is 10.0 Å². The summed E-state index contributed by atoms with van der Waals surface area (Å²) in [5.74, 6) is -0.482. The molecular weight excluding hydrogens is 261 g/mol. The predicted molar refractivity (Wildman–Crippen MR) is 66.7 cm³/mol. The fourth-order valence-electron chi connectivity index (χ4n) is 1.37. The third-order valence-corrected chi connectivity index (χ3v) is 3.61. The van der Waals surface area contributed by atoms with Gasteiger partial charge in [0.1, 0.15) is 11.6 Å². The van der Waals surface area contributed by atoms with Crippen LogP contribution in [0.15, 0.2) is 18.2 Å². The smallest absolute Gasteiger partial charge is 0.232 e. The quantitative estimate of drug-likeness (QED) is 0.738. The monoisotopic (exact) mass is 277 g/mol. The molecule has 0 aliphatic carbocycles. The van der Waals surface area contributed by atoms with E-state index in [4.69, 9.17) is 9.84 Å². The van der Waals surface area contributed by atoms with Crippen molar-refractivity contribution in [2.24, 2.45) is 0 Å². The van der Waals surface area contributed by atoms with Gasteiger partial charge in [0.25, 0.3) is 0 Å². The molecule has 1 aromatic rings. The largest absolute Gasteiger partial charge is 0.494 e. The molecule has 5 nitrogen and oxygen atoms in total. The number of hydrogen-bond donors (Lipinski definition) is 2. The maximum atomic E-state index is 12.9.